The van der Waals surface area contributed by atoms with Gasteiger partial charge >= 0.3 is 0 Å². The number of rotatable bonds is 4. The highest BCUT2D eigenvalue weighted by Gasteiger charge is 2.20. The summed E-state index contributed by atoms with van der Waals surface area (Å²) >= 11 is 0. The summed E-state index contributed by atoms with van der Waals surface area (Å²) < 4.78 is 0. The maximum absolute atomic E-state index is 11.7. The van der Waals surface area contributed by atoms with Gasteiger partial charge in [-0.05, 0) is 24.6 Å². The molecule has 0 saturated heterocycles. The molecule has 0 aliphatic rings. The van der Waals surface area contributed by atoms with Crippen LogP contribution in [0.3, 0.4) is 0 Å². The Morgan fingerprint density at radius 2 is 2.00 bits per heavy atom. The summed E-state index contributed by atoms with van der Waals surface area (Å²) in [5, 5.41) is 5.42. The lowest BCUT2D eigenvalue weighted by molar-refractivity contribution is -0.128. The van der Waals surface area contributed by atoms with E-state index in [1.807, 2.05) is 33.8 Å². The Balaban J connectivity index is 2.35. The molecule has 5 heteroatoms. The average molecular weight is 263 g/mol. The maximum atomic E-state index is 11.7. The number of hydrogen-bond donors (Lipinski definition) is 2. The molecule has 0 fully saturated rings. The number of nitrogens with zero attached hydrogens (tertiary/aromatic N) is 1. The highest BCUT2D eigenvalue weighted by atomic mass is 16.2. The fraction of sp³-hybridized carbons (Fsp3) is 0.500. The van der Waals surface area contributed by atoms with Crippen molar-refractivity contribution >= 4 is 17.6 Å². The predicted molar refractivity (Wildman–Crippen MR) is 74.7 cm³/mol. The standard InChI is InChI=1S/C14H21N3O2/c1-10-5-7-15-11(9-10)17-12(18)6-8-16-13(19)14(2,3)4/h5,7,9H,6,8H2,1-4H3,(H,16,19)(H,15,17,18). The normalized spacial score (nSPS) is 10.9. The molecule has 0 atom stereocenters. The Bertz CT molecular complexity index is 464. The minimum absolute atomic E-state index is 0.0611. The van der Waals surface area contributed by atoms with Crippen LogP contribution in [0.5, 0.6) is 0 Å². The summed E-state index contributed by atoms with van der Waals surface area (Å²) in [6.07, 6.45) is 1.88. The van der Waals surface area contributed by atoms with Crippen molar-refractivity contribution in [2.75, 3.05) is 11.9 Å². The van der Waals surface area contributed by atoms with Crippen LogP contribution in [-0.4, -0.2) is 23.3 Å². The first-order chi connectivity index (χ1) is 8.79. The van der Waals surface area contributed by atoms with Crippen LogP contribution in [0.15, 0.2) is 18.3 Å². The molecule has 1 aromatic rings. The van der Waals surface area contributed by atoms with Gasteiger partial charge in [0.1, 0.15) is 5.82 Å². The smallest absolute Gasteiger partial charge is 0.227 e. The molecule has 0 saturated carbocycles. The van der Waals surface area contributed by atoms with Crippen LogP contribution < -0.4 is 10.6 Å². The third kappa shape index (κ3) is 5.50. The maximum Gasteiger partial charge on any atom is 0.227 e. The number of amides is 2. The van der Waals surface area contributed by atoms with Gasteiger partial charge in [-0.1, -0.05) is 20.8 Å². The van der Waals surface area contributed by atoms with Crippen LogP contribution in [0.1, 0.15) is 32.8 Å². The van der Waals surface area contributed by atoms with E-state index in [1.54, 1.807) is 12.3 Å². The molecule has 5 nitrogen and oxygen atoms in total. The first kappa shape index (κ1) is 15.1. The Hall–Kier alpha value is -1.91. The van der Waals surface area contributed by atoms with E-state index >= 15 is 0 Å². The summed E-state index contributed by atoms with van der Waals surface area (Å²) in [5.74, 6) is 0.313. The SMILES string of the molecule is Cc1ccnc(NC(=O)CCNC(=O)C(C)(C)C)c1. The third-order valence-electron chi connectivity index (χ3n) is 2.50. The lowest BCUT2D eigenvalue weighted by Crippen LogP contribution is -2.36. The van der Waals surface area contributed by atoms with Crippen LogP contribution in [0.25, 0.3) is 0 Å². The number of nitrogens with one attached hydrogen (secondary N) is 2. The molecule has 0 aliphatic heterocycles. The molecule has 0 radical (unpaired) electrons. The van der Waals surface area contributed by atoms with Gasteiger partial charge in [0.05, 0.1) is 0 Å². The van der Waals surface area contributed by atoms with Crippen molar-refractivity contribution in [2.24, 2.45) is 5.41 Å². The van der Waals surface area contributed by atoms with Gasteiger partial charge in [-0.15, -0.1) is 0 Å². The third-order valence-corrected chi connectivity index (χ3v) is 2.50. The largest absolute Gasteiger partial charge is 0.355 e. The molecule has 0 unspecified atom stereocenters. The number of aryl methyl sites for hydroxylation is 1. The zero-order valence-corrected chi connectivity index (χ0v) is 11.9. The van der Waals surface area contributed by atoms with Crippen molar-refractivity contribution in [1.29, 1.82) is 0 Å². The Morgan fingerprint density at radius 3 is 2.58 bits per heavy atom. The highest BCUT2D eigenvalue weighted by Crippen LogP contribution is 2.12. The van der Waals surface area contributed by atoms with E-state index in [-0.39, 0.29) is 18.2 Å². The first-order valence-corrected chi connectivity index (χ1v) is 6.30. The van der Waals surface area contributed by atoms with Crippen molar-refractivity contribution in [3.05, 3.63) is 23.9 Å². The number of anilines is 1. The van der Waals surface area contributed by atoms with Crippen molar-refractivity contribution < 1.29 is 9.59 Å². The molecule has 0 aromatic carbocycles. The molecular weight excluding hydrogens is 242 g/mol. The van der Waals surface area contributed by atoms with Crippen LogP contribution in [0.4, 0.5) is 5.82 Å². The van der Waals surface area contributed by atoms with Crippen LogP contribution in [-0.2, 0) is 9.59 Å². The quantitative estimate of drug-likeness (QED) is 0.871. The van der Waals surface area contributed by atoms with Crippen LogP contribution >= 0.6 is 0 Å². The van der Waals surface area contributed by atoms with E-state index in [2.05, 4.69) is 15.6 Å². The number of aromatic nitrogens is 1. The number of carbonyl (C=O) groups is 2. The van der Waals surface area contributed by atoms with Crippen molar-refractivity contribution in [3.8, 4) is 0 Å². The van der Waals surface area contributed by atoms with E-state index in [0.29, 0.717) is 12.4 Å². The topological polar surface area (TPSA) is 71.1 Å². The van der Waals surface area contributed by atoms with Gasteiger partial charge in [-0.25, -0.2) is 4.98 Å². The van der Waals surface area contributed by atoms with E-state index in [4.69, 9.17) is 0 Å². The molecule has 2 N–H and O–H groups in total. The van der Waals surface area contributed by atoms with Crippen molar-refractivity contribution in [1.82, 2.24) is 10.3 Å². The summed E-state index contributed by atoms with van der Waals surface area (Å²) in [5.41, 5.74) is 0.598. The van der Waals surface area contributed by atoms with Crippen LogP contribution in [0.2, 0.25) is 0 Å². The lowest BCUT2D eigenvalue weighted by atomic mass is 9.96. The van der Waals surface area contributed by atoms with Crippen molar-refractivity contribution in [3.63, 3.8) is 0 Å². The average Bonchev–Trinajstić information content (AvgIpc) is 2.27. The number of carbonyl (C=O) groups excluding carboxylic acids is 2. The lowest BCUT2D eigenvalue weighted by Gasteiger charge is -2.17. The molecule has 0 spiro atoms. The Morgan fingerprint density at radius 1 is 1.32 bits per heavy atom. The van der Waals surface area contributed by atoms with E-state index < -0.39 is 5.41 Å². The van der Waals surface area contributed by atoms with Gasteiger partial charge in [-0.2, -0.15) is 0 Å². The predicted octanol–water partition coefficient (Wildman–Crippen LogP) is 1.88. The fourth-order valence-electron chi connectivity index (χ4n) is 1.36. The Kier molecular flexibility index (Phi) is 5.03. The second kappa shape index (κ2) is 6.31. The van der Waals surface area contributed by atoms with E-state index in [0.717, 1.165) is 5.56 Å². The molecule has 1 rings (SSSR count). The second-order valence-corrected chi connectivity index (χ2v) is 5.52. The zero-order chi connectivity index (χ0) is 14.5. The summed E-state index contributed by atoms with van der Waals surface area (Å²) in [6, 6.07) is 3.66. The summed E-state index contributed by atoms with van der Waals surface area (Å²) in [6.45, 7) is 7.76. The van der Waals surface area contributed by atoms with Gasteiger partial charge in [0.2, 0.25) is 11.8 Å². The van der Waals surface area contributed by atoms with Crippen molar-refractivity contribution in [2.45, 2.75) is 34.1 Å². The van der Waals surface area contributed by atoms with Gasteiger partial charge in [-0.3, -0.25) is 9.59 Å². The molecule has 19 heavy (non-hydrogen) atoms. The van der Waals surface area contributed by atoms with Gasteiger partial charge in [0.25, 0.3) is 0 Å². The minimum atomic E-state index is -0.436. The first-order valence-electron chi connectivity index (χ1n) is 6.30. The molecule has 104 valence electrons. The van der Waals surface area contributed by atoms with Gasteiger partial charge in [0, 0.05) is 24.6 Å². The zero-order valence-electron chi connectivity index (χ0n) is 11.9. The van der Waals surface area contributed by atoms with Gasteiger partial charge in [0.15, 0.2) is 0 Å². The minimum Gasteiger partial charge on any atom is -0.355 e. The van der Waals surface area contributed by atoms with E-state index in [9.17, 15) is 9.59 Å². The summed E-state index contributed by atoms with van der Waals surface area (Å²) in [4.78, 5) is 27.3. The molecule has 0 bridgehead atoms. The molecule has 1 aromatic heterocycles. The molecule has 2 amide bonds. The molecule has 1 heterocycles. The number of hydrogen-bond acceptors (Lipinski definition) is 3. The van der Waals surface area contributed by atoms with E-state index in [1.165, 1.54) is 0 Å². The molecular formula is C14H21N3O2. The Labute approximate surface area is 113 Å². The van der Waals surface area contributed by atoms with Crippen LogP contribution in [0, 0.1) is 12.3 Å². The highest BCUT2D eigenvalue weighted by molar-refractivity contribution is 5.90. The monoisotopic (exact) mass is 263 g/mol. The second-order valence-electron chi connectivity index (χ2n) is 5.52. The molecule has 0 aliphatic carbocycles. The summed E-state index contributed by atoms with van der Waals surface area (Å²) in [7, 11) is 0. The fourth-order valence-corrected chi connectivity index (χ4v) is 1.36. The van der Waals surface area contributed by atoms with Gasteiger partial charge < -0.3 is 10.6 Å². The number of pyridine rings is 1.